The van der Waals surface area contributed by atoms with E-state index in [1.54, 1.807) is 0 Å². The van der Waals surface area contributed by atoms with Gasteiger partial charge in [-0.2, -0.15) is 0 Å². The van der Waals surface area contributed by atoms with Gasteiger partial charge in [0.05, 0.1) is 17.8 Å². The number of hydrogen-bond acceptors (Lipinski definition) is 6. The van der Waals surface area contributed by atoms with Crippen molar-refractivity contribution in [2.45, 2.75) is 5.75 Å². The average Bonchev–Trinajstić information content (AvgIpc) is 2.37. The van der Waals surface area contributed by atoms with Crippen LogP contribution in [0, 0.1) is 10.1 Å². The standard InChI is InChI=1S/C11H11NO6S/c1-18-9(13)6-19-5-7-3-2-4-8(12(16)17)10(7)11(14)15/h2-4H,5-6H2,1H3,(H,14,15). The lowest BCUT2D eigenvalue weighted by Crippen LogP contribution is -2.08. The van der Waals surface area contributed by atoms with E-state index in [1.807, 2.05) is 0 Å². The molecule has 0 radical (unpaired) electrons. The Morgan fingerprint density at radius 1 is 1.47 bits per heavy atom. The molecule has 0 saturated heterocycles. The maximum Gasteiger partial charge on any atom is 0.343 e. The molecule has 102 valence electrons. The Kier molecular flexibility index (Phi) is 5.31. The molecule has 0 atom stereocenters. The zero-order valence-electron chi connectivity index (χ0n) is 9.99. The number of esters is 1. The zero-order valence-corrected chi connectivity index (χ0v) is 10.8. The molecule has 0 aliphatic heterocycles. The SMILES string of the molecule is COC(=O)CSCc1cccc([N+](=O)[O-])c1C(=O)O. The molecule has 0 aromatic heterocycles. The van der Waals surface area contributed by atoms with Crippen LogP contribution in [0.1, 0.15) is 15.9 Å². The number of carbonyl (C=O) groups is 2. The van der Waals surface area contributed by atoms with Crippen LogP contribution in [0.5, 0.6) is 0 Å². The van der Waals surface area contributed by atoms with Crippen LogP contribution in [-0.4, -0.2) is 34.8 Å². The van der Waals surface area contributed by atoms with E-state index in [9.17, 15) is 19.7 Å². The molecular weight excluding hydrogens is 274 g/mol. The van der Waals surface area contributed by atoms with Crippen molar-refractivity contribution in [1.29, 1.82) is 0 Å². The predicted octanol–water partition coefficient (Wildman–Crippen LogP) is 1.70. The second-order valence-corrected chi connectivity index (χ2v) is 4.43. The molecule has 8 heteroatoms. The first-order chi connectivity index (χ1) is 8.97. The summed E-state index contributed by atoms with van der Waals surface area (Å²) in [5, 5.41) is 19.8. The van der Waals surface area contributed by atoms with Crippen molar-refractivity contribution in [1.82, 2.24) is 0 Å². The van der Waals surface area contributed by atoms with Gasteiger partial charge in [-0.05, 0) is 5.56 Å². The third kappa shape index (κ3) is 3.95. The van der Waals surface area contributed by atoms with E-state index >= 15 is 0 Å². The predicted molar refractivity (Wildman–Crippen MR) is 68.2 cm³/mol. The Labute approximate surface area is 112 Å². The minimum absolute atomic E-state index is 0.0538. The van der Waals surface area contributed by atoms with Gasteiger partial charge in [-0.3, -0.25) is 14.9 Å². The van der Waals surface area contributed by atoms with Crippen LogP contribution in [0.4, 0.5) is 5.69 Å². The number of carboxylic acids is 1. The number of hydrogen-bond donors (Lipinski definition) is 1. The fourth-order valence-corrected chi connectivity index (χ4v) is 2.26. The van der Waals surface area contributed by atoms with Crippen molar-refractivity contribution < 1.29 is 24.4 Å². The molecule has 0 heterocycles. The first-order valence-corrected chi connectivity index (χ1v) is 6.27. The van der Waals surface area contributed by atoms with E-state index < -0.39 is 22.5 Å². The lowest BCUT2D eigenvalue weighted by atomic mass is 10.1. The summed E-state index contributed by atoms with van der Waals surface area (Å²) >= 11 is 1.13. The van der Waals surface area contributed by atoms with Gasteiger partial charge < -0.3 is 9.84 Å². The topological polar surface area (TPSA) is 107 Å². The third-order valence-corrected chi connectivity index (χ3v) is 3.20. The van der Waals surface area contributed by atoms with E-state index in [4.69, 9.17) is 5.11 Å². The number of rotatable bonds is 6. The van der Waals surface area contributed by atoms with E-state index in [0.29, 0.717) is 5.56 Å². The number of nitro benzene ring substituents is 1. The van der Waals surface area contributed by atoms with E-state index in [0.717, 1.165) is 17.8 Å². The van der Waals surface area contributed by atoms with E-state index in [1.165, 1.54) is 19.2 Å². The fraction of sp³-hybridized carbons (Fsp3) is 0.273. The summed E-state index contributed by atoms with van der Waals surface area (Å²) in [4.78, 5) is 32.1. The van der Waals surface area contributed by atoms with Crippen molar-refractivity contribution in [2.24, 2.45) is 0 Å². The van der Waals surface area contributed by atoms with Gasteiger partial charge in [0.1, 0.15) is 5.56 Å². The van der Waals surface area contributed by atoms with Gasteiger partial charge in [0, 0.05) is 11.8 Å². The number of benzene rings is 1. The van der Waals surface area contributed by atoms with Gasteiger partial charge in [-0.1, -0.05) is 12.1 Å². The number of ether oxygens (including phenoxy) is 1. The molecule has 0 amide bonds. The molecule has 0 bridgehead atoms. The number of aromatic carboxylic acids is 1. The third-order valence-electron chi connectivity index (χ3n) is 2.24. The van der Waals surface area contributed by atoms with Crippen molar-refractivity contribution in [3.05, 3.63) is 39.4 Å². The summed E-state index contributed by atoms with van der Waals surface area (Å²) in [7, 11) is 1.25. The van der Waals surface area contributed by atoms with E-state index in [-0.39, 0.29) is 17.1 Å². The highest BCUT2D eigenvalue weighted by Gasteiger charge is 2.23. The highest BCUT2D eigenvalue weighted by Crippen LogP contribution is 2.25. The Balaban J connectivity index is 2.94. The minimum Gasteiger partial charge on any atom is -0.477 e. The van der Waals surface area contributed by atoms with Crippen molar-refractivity contribution in [3.63, 3.8) is 0 Å². The Hall–Kier alpha value is -2.09. The van der Waals surface area contributed by atoms with E-state index in [2.05, 4.69) is 4.74 Å². The number of methoxy groups -OCH3 is 1. The Morgan fingerprint density at radius 3 is 2.68 bits per heavy atom. The summed E-state index contributed by atoms with van der Waals surface area (Å²) in [6, 6.07) is 4.04. The molecule has 1 rings (SSSR count). The highest BCUT2D eigenvalue weighted by atomic mass is 32.2. The molecule has 0 spiro atoms. The first kappa shape index (κ1) is 15.0. The monoisotopic (exact) mass is 285 g/mol. The summed E-state index contributed by atoms with van der Waals surface area (Å²) in [6.07, 6.45) is 0. The second-order valence-electron chi connectivity index (χ2n) is 3.44. The van der Waals surface area contributed by atoms with Gasteiger partial charge in [0.15, 0.2) is 0 Å². The van der Waals surface area contributed by atoms with Crippen LogP contribution in [0.2, 0.25) is 0 Å². The molecular formula is C11H11NO6S. The van der Waals surface area contributed by atoms with Gasteiger partial charge >= 0.3 is 11.9 Å². The first-order valence-electron chi connectivity index (χ1n) is 5.11. The summed E-state index contributed by atoms with van der Waals surface area (Å²) in [5.74, 6) is -1.57. The summed E-state index contributed by atoms with van der Waals surface area (Å²) < 4.78 is 4.44. The van der Waals surface area contributed by atoms with Gasteiger partial charge in [-0.25, -0.2) is 4.79 Å². The smallest absolute Gasteiger partial charge is 0.343 e. The number of thioether (sulfide) groups is 1. The molecule has 1 aromatic rings. The maximum atomic E-state index is 11.1. The quantitative estimate of drug-likeness (QED) is 0.481. The molecule has 0 saturated carbocycles. The van der Waals surface area contributed by atoms with Gasteiger partial charge in [0.2, 0.25) is 0 Å². The molecule has 0 fully saturated rings. The molecule has 0 aliphatic rings. The van der Waals surface area contributed by atoms with Crippen LogP contribution in [0.25, 0.3) is 0 Å². The van der Waals surface area contributed by atoms with Crippen LogP contribution < -0.4 is 0 Å². The van der Waals surface area contributed by atoms with Crippen molar-refractivity contribution in [3.8, 4) is 0 Å². The largest absolute Gasteiger partial charge is 0.477 e. The zero-order chi connectivity index (χ0) is 14.4. The molecule has 7 nitrogen and oxygen atoms in total. The highest BCUT2D eigenvalue weighted by molar-refractivity contribution is 7.99. The van der Waals surface area contributed by atoms with Crippen LogP contribution in [-0.2, 0) is 15.3 Å². The Bertz CT molecular complexity index is 516. The second kappa shape index (κ2) is 6.74. The molecule has 0 unspecified atom stereocenters. The molecule has 1 N–H and O–H groups in total. The van der Waals surface area contributed by atoms with Crippen molar-refractivity contribution in [2.75, 3.05) is 12.9 Å². The fourth-order valence-electron chi connectivity index (χ4n) is 1.41. The van der Waals surface area contributed by atoms with Gasteiger partial charge in [0.25, 0.3) is 5.69 Å². The molecule has 0 aliphatic carbocycles. The summed E-state index contributed by atoms with van der Waals surface area (Å²) in [6.45, 7) is 0. The number of carboxylic acid groups (broad SMARTS) is 1. The normalized spacial score (nSPS) is 9.95. The minimum atomic E-state index is -1.36. The maximum absolute atomic E-state index is 11.1. The van der Waals surface area contributed by atoms with Crippen molar-refractivity contribution >= 4 is 29.4 Å². The number of nitro groups is 1. The number of nitrogens with zero attached hydrogens (tertiary/aromatic N) is 1. The molecule has 1 aromatic carbocycles. The van der Waals surface area contributed by atoms with Gasteiger partial charge in [-0.15, -0.1) is 11.8 Å². The lowest BCUT2D eigenvalue weighted by molar-refractivity contribution is -0.385. The van der Waals surface area contributed by atoms with Crippen LogP contribution in [0.3, 0.4) is 0 Å². The van der Waals surface area contributed by atoms with Crippen LogP contribution >= 0.6 is 11.8 Å². The lowest BCUT2D eigenvalue weighted by Gasteiger charge is -2.06. The number of carbonyl (C=O) groups excluding carboxylic acids is 1. The summed E-state index contributed by atoms with van der Waals surface area (Å²) in [5.41, 5.74) is -0.496. The molecule has 19 heavy (non-hydrogen) atoms. The van der Waals surface area contributed by atoms with Crippen LogP contribution in [0.15, 0.2) is 18.2 Å². The Morgan fingerprint density at radius 2 is 2.16 bits per heavy atom. The average molecular weight is 285 g/mol.